The van der Waals surface area contributed by atoms with Crippen LogP contribution in [0.4, 0.5) is 4.39 Å². The van der Waals surface area contributed by atoms with Crippen LogP contribution in [0.5, 0.6) is 5.75 Å². The van der Waals surface area contributed by atoms with Gasteiger partial charge in [0.25, 0.3) is 0 Å². The number of benzene rings is 2. The van der Waals surface area contributed by atoms with Gasteiger partial charge in [0.05, 0.1) is 12.6 Å². The molecule has 0 radical (unpaired) electrons. The van der Waals surface area contributed by atoms with Crippen molar-refractivity contribution in [3.05, 3.63) is 42.0 Å². The van der Waals surface area contributed by atoms with Gasteiger partial charge >= 0.3 is 5.97 Å². The van der Waals surface area contributed by atoms with E-state index in [9.17, 15) is 14.3 Å². The summed E-state index contributed by atoms with van der Waals surface area (Å²) in [4.78, 5) is 11.4. The Labute approximate surface area is 128 Å². The fourth-order valence-corrected chi connectivity index (χ4v) is 2.00. The number of rotatable bonds is 4. The summed E-state index contributed by atoms with van der Waals surface area (Å²) in [5.41, 5.74) is 6.27. The maximum absolute atomic E-state index is 13.9. The van der Waals surface area contributed by atoms with Crippen LogP contribution in [0.25, 0.3) is 10.8 Å². The predicted octanol–water partition coefficient (Wildman–Crippen LogP) is 2.87. The minimum Gasteiger partial charge on any atom is -0.508 e. The zero-order valence-electron chi connectivity index (χ0n) is 11.5. The molecule has 3 N–H and O–H groups in total. The number of phenolic OH excluding ortho intramolecular Hbond substituents is 1. The monoisotopic (exact) mass is 313 g/mol. The first kappa shape index (κ1) is 17.2. The van der Waals surface area contributed by atoms with Gasteiger partial charge in [0.1, 0.15) is 5.75 Å². The summed E-state index contributed by atoms with van der Waals surface area (Å²) in [7, 11) is 0. The second-order valence-corrected chi connectivity index (χ2v) is 4.47. The number of alkyl halides is 1. The normalized spacial score (nSPS) is 13.3. The Balaban J connectivity index is 0.00000220. The molecule has 4 nitrogen and oxygen atoms in total. The maximum atomic E-state index is 13.9. The summed E-state index contributed by atoms with van der Waals surface area (Å²) in [5.74, 6) is -0.796. The number of carbonyl (C=O) groups excluding carboxylic acids is 1. The minimum absolute atomic E-state index is 0. The summed E-state index contributed by atoms with van der Waals surface area (Å²) < 4.78 is 18.5. The van der Waals surface area contributed by atoms with Crippen LogP contribution in [0.1, 0.15) is 18.5 Å². The fourth-order valence-electron chi connectivity index (χ4n) is 2.00. The van der Waals surface area contributed by atoms with E-state index in [0.717, 1.165) is 10.8 Å². The Morgan fingerprint density at radius 3 is 2.57 bits per heavy atom. The highest BCUT2D eigenvalue weighted by molar-refractivity contribution is 5.85. The van der Waals surface area contributed by atoms with Gasteiger partial charge in [0, 0.05) is 0 Å². The molecule has 0 heterocycles. The molecule has 114 valence electrons. The average Bonchev–Trinajstić information content (AvgIpc) is 2.45. The molecule has 0 spiro atoms. The van der Waals surface area contributed by atoms with Crippen molar-refractivity contribution in [2.45, 2.75) is 19.1 Å². The van der Waals surface area contributed by atoms with Crippen molar-refractivity contribution in [2.75, 3.05) is 6.61 Å². The van der Waals surface area contributed by atoms with Crippen LogP contribution in [0.2, 0.25) is 0 Å². The number of nitrogens with two attached hydrogens (primary N) is 1. The van der Waals surface area contributed by atoms with Gasteiger partial charge in [-0.3, -0.25) is 0 Å². The highest BCUT2D eigenvalue weighted by Gasteiger charge is 2.27. The second kappa shape index (κ2) is 7.24. The van der Waals surface area contributed by atoms with E-state index in [4.69, 9.17) is 5.73 Å². The molecule has 2 rings (SSSR count). The van der Waals surface area contributed by atoms with E-state index in [2.05, 4.69) is 4.74 Å². The molecule has 6 heteroatoms. The van der Waals surface area contributed by atoms with Gasteiger partial charge in [-0.05, 0) is 41.5 Å². The molecule has 0 aliphatic carbocycles. The molecule has 0 bridgehead atoms. The van der Waals surface area contributed by atoms with Crippen molar-refractivity contribution in [1.29, 1.82) is 0 Å². The van der Waals surface area contributed by atoms with Crippen molar-refractivity contribution in [1.82, 2.24) is 0 Å². The lowest BCUT2D eigenvalue weighted by Crippen LogP contribution is -2.31. The smallest absolute Gasteiger partial charge is 0.342 e. The van der Waals surface area contributed by atoms with Crippen molar-refractivity contribution in [3.8, 4) is 5.75 Å². The van der Waals surface area contributed by atoms with E-state index in [1.165, 1.54) is 6.07 Å². The molecule has 1 unspecified atom stereocenters. The van der Waals surface area contributed by atoms with Crippen LogP contribution < -0.4 is 5.73 Å². The van der Waals surface area contributed by atoms with E-state index in [1.807, 2.05) is 0 Å². The van der Waals surface area contributed by atoms with Gasteiger partial charge in [0.15, 0.2) is 0 Å². The summed E-state index contributed by atoms with van der Waals surface area (Å²) >= 11 is 0. The summed E-state index contributed by atoms with van der Waals surface area (Å²) in [6.07, 6.45) is -1.90. The van der Waals surface area contributed by atoms with E-state index in [-0.39, 0.29) is 24.8 Å². The first-order valence-electron chi connectivity index (χ1n) is 6.32. The van der Waals surface area contributed by atoms with Crippen LogP contribution in [-0.4, -0.2) is 23.9 Å². The van der Waals surface area contributed by atoms with Crippen LogP contribution >= 0.6 is 12.4 Å². The number of halogens is 2. The number of carbonyl (C=O) groups is 1. The van der Waals surface area contributed by atoms with Gasteiger partial charge in [-0.1, -0.05) is 18.2 Å². The molecular formula is C15H17ClFNO3. The lowest BCUT2D eigenvalue weighted by molar-refractivity contribution is -0.149. The highest BCUT2D eigenvalue weighted by Crippen LogP contribution is 2.25. The molecule has 0 saturated carbocycles. The van der Waals surface area contributed by atoms with E-state index in [0.29, 0.717) is 5.56 Å². The zero-order chi connectivity index (χ0) is 14.7. The Morgan fingerprint density at radius 2 is 1.90 bits per heavy atom. The third kappa shape index (κ3) is 3.83. The first-order valence-corrected chi connectivity index (χ1v) is 6.32. The third-order valence-electron chi connectivity index (χ3n) is 3.06. The van der Waals surface area contributed by atoms with Crippen LogP contribution in [0.15, 0.2) is 36.4 Å². The van der Waals surface area contributed by atoms with Gasteiger partial charge in [-0.2, -0.15) is 0 Å². The fraction of sp³-hybridized carbons (Fsp3) is 0.267. The topological polar surface area (TPSA) is 72.5 Å². The quantitative estimate of drug-likeness (QED) is 0.851. The Bertz CT molecular complexity index is 635. The molecular weight excluding hydrogens is 297 g/mol. The lowest BCUT2D eigenvalue weighted by Gasteiger charge is -2.16. The van der Waals surface area contributed by atoms with Gasteiger partial charge < -0.3 is 15.6 Å². The largest absolute Gasteiger partial charge is 0.508 e. The number of hydrogen-bond donors (Lipinski definition) is 2. The number of esters is 1. The Morgan fingerprint density at radius 1 is 1.29 bits per heavy atom. The summed E-state index contributed by atoms with van der Waals surface area (Å²) in [6.45, 7) is 1.72. The molecule has 2 aromatic rings. The van der Waals surface area contributed by atoms with E-state index < -0.39 is 18.2 Å². The van der Waals surface area contributed by atoms with E-state index >= 15 is 0 Å². The standard InChI is InChI=1S/C15H16FNO3.ClH/c1-2-20-15(19)13(16)14(17)11-4-3-10-8-12(18)6-5-9(10)7-11;/h3-8,13-14,18H,2,17H2,1H3;1H/t13?,14-;/m1./s1. The average molecular weight is 314 g/mol. The zero-order valence-corrected chi connectivity index (χ0v) is 12.3. The maximum Gasteiger partial charge on any atom is 0.342 e. The lowest BCUT2D eigenvalue weighted by atomic mass is 9.99. The molecule has 0 aliphatic heterocycles. The van der Waals surface area contributed by atoms with Gasteiger partial charge in [-0.15, -0.1) is 12.4 Å². The van der Waals surface area contributed by atoms with Crippen LogP contribution in [0, 0.1) is 0 Å². The van der Waals surface area contributed by atoms with Crippen molar-refractivity contribution < 1.29 is 19.0 Å². The Hall–Kier alpha value is -1.85. The molecule has 0 saturated heterocycles. The van der Waals surface area contributed by atoms with Crippen LogP contribution in [-0.2, 0) is 9.53 Å². The van der Waals surface area contributed by atoms with Gasteiger partial charge in [0.2, 0.25) is 6.17 Å². The third-order valence-corrected chi connectivity index (χ3v) is 3.06. The van der Waals surface area contributed by atoms with Crippen molar-refractivity contribution in [3.63, 3.8) is 0 Å². The number of hydrogen-bond acceptors (Lipinski definition) is 4. The molecule has 2 atom stereocenters. The van der Waals surface area contributed by atoms with Gasteiger partial charge in [-0.25, -0.2) is 9.18 Å². The van der Waals surface area contributed by atoms with Crippen molar-refractivity contribution >= 4 is 29.1 Å². The predicted molar refractivity (Wildman–Crippen MR) is 81.3 cm³/mol. The first-order chi connectivity index (χ1) is 9.52. The number of aromatic hydroxyl groups is 1. The Kier molecular flexibility index (Phi) is 5.93. The SMILES string of the molecule is CCOC(=O)C(F)[C@H](N)c1ccc2cc(O)ccc2c1.Cl. The molecule has 2 aromatic carbocycles. The van der Waals surface area contributed by atoms with E-state index in [1.54, 1.807) is 37.3 Å². The summed E-state index contributed by atoms with van der Waals surface area (Å²) in [5, 5.41) is 11.0. The van der Waals surface area contributed by atoms with Crippen molar-refractivity contribution in [2.24, 2.45) is 5.73 Å². The number of ether oxygens (including phenoxy) is 1. The molecule has 0 amide bonds. The number of fused-ring (bicyclic) bond motifs is 1. The molecule has 0 fully saturated rings. The second-order valence-electron chi connectivity index (χ2n) is 4.47. The molecule has 21 heavy (non-hydrogen) atoms. The molecule has 0 aliphatic rings. The minimum atomic E-state index is -1.90. The highest BCUT2D eigenvalue weighted by atomic mass is 35.5. The van der Waals surface area contributed by atoms with Crippen LogP contribution in [0.3, 0.4) is 0 Å². The summed E-state index contributed by atoms with van der Waals surface area (Å²) in [6, 6.07) is 8.83. The molecule has 0 aromatic heterocycles. The number of phenols is 1.